The summed E-state index contributed by atoms with van der Waals surface area (Å²) in [6.07, 6.45) is 6.74. The van der Waals surface area contributed by atoms with Crippen LogP contribution in [0.15, 0.2) is 66.9 Å². The third kappa shape index (κ3) is 3.91. The molecule has 1 aliphatic carbocycles. The molecule has 5 nitrogen and oxygen atoms in total. The maximum Gasteiger partial charge on any atom is 0.323 e. The van der Waals surface area contributed by atoms with E-state index in [1.54, 1.807) is 13.2 Å². The largest absolute Gasteiger partial charge is 0.497 e. The summed E-state index contributed by atoms with van der Waals surface area (Å²) in [6, 6.07) is 19.1. The number of aromatic nitrogens is 1. The zero-order chi connectivity index (χ0) is 23.9. The highest BCUT2D eigenvalue weighted by Crippen LogP contribution is 2.44. The molecule has 2 aromatic heterocycles. The number of nitrogens with zero attached hydrogens (tertiary/aromatic N) is 2. The number of nitrogens with one attached hydrogen (secondary N) is 1. The molecule has 0 spiro atoms. The van der Waals surface area contributed by atoms with E-state index in [2.05, 4.69) is 34.3 Å². The molecule has 1 N–H and O–H groups in total. The number of carbonyl (C=O) groups excluding carboxylic acids is 1. The Labute approximate surface area is 213 Å². The van der Waals surface area contributed by atoms with Gasteiger partial charge in [-0.05, 0) is 73.2 Å². The van der Waals surface area contributed by atoms with E-state index in [-0.39, 0.29) is 12.1 Å². The van der Waals surface area contributed by atoms with Gasteiger partial charge in [0.25, 0.3) is 0 Å². The molecule has 4 aromatic rings. The summed E-state index contributed by atoms with van der Waals surface area (Å²) in [5.74, 6) is 0.767. The topological polar surface area (TPSA) is 46.5 Å². The van der Waals surface area contributed by atoms with Crippen LogP contribution in [0.25, 0.3) is 5.00 Å². The van der Waals surface area contributed by atoms with Gasteiger partial charge in [0.15, 0.2) is 0 Å². The van der Waals surface area contributed by atoms with Crippen LogP contribution in [0.3, 0.4) is 0 Å². The van der Waals surface area contributed by atoms with E-state index >= 15 is 0 Å². The Morgan fingerprint density at radius 3 is 2.77 bits per heavy atom. The fourth-order valence-corrected chi connectivity index (χ4v) is 6.89. The van der Waals surface area contributed by atoms with Gasteiger partial charge in [0.05, 0.1) is 36.1 Å². The maximum atomic E-state index is 14.0. The van der Waals surface area contributed by atoms with E-state index in [4.69, 9.17) is 16.3 Å². The number of thiophene rings is 1. The summed E-state index contributed by atoms with van der Waals surface area (Å²) in [7, 11) is 1.67. The molecule has 0 saturated heterocycles. The van der Waals surface area contributed by atoms with Crippen LogP contribution in [0.4, 0.5) is 10.5 Å². The van der Waals surface area contributed by atoms with Crippen LogP contribution < -0.4 is 10.1 Å². The van der Waals surface area contributed by atoms with Crippen LogP contribution >= 0.6 is 22.9 Å². The SMILES string of the molecule is COc1cccc([C@H]2c3cccn3-c3sc4c(c3CN2C(=O)Nc2ccccc2Cl)CCCC4)c1. The molecule has 0 saturated carbocycles. The molecule has 0 fully saturated rings. The minimum Gasteiger partial charge on any atom is -0.497 e. The van der Waals surface area contributed by atoms with Crippen molar-refractivity contribution in [3.05, 3.63) is 99.1 Å². The average molecular weight is 504 g/mol. The molecule has 0 bridgehead atoms. The molecule has 0 radical (unpaired) electrons. The first-order valence-electron chi connectivity index (χ1n) is 11.9. The number of aryl methyl sites for hydroxylation is 1. The number of halogens is 1. The smallest absolute Gasteiger partial charge is 0.323 e. The lowest BCUT2D eigenvalue weighted by Gasteiger charge is -2.31. The van der Waals surface area contributed by atoms with Crippen molar-refractivity contribution < 1.29 is 9.53 Å². The number of anilines is 1. The molecule has 178 valence electrons. The van der Waals surface area contributed by atoms with Crippen LogP contribution in [0, 0.1) is 0 Å². The van der Waals surface area contributed by atoms with Crippen LogP contribution in [-0.4, -0.2) is 22.6 Å². The Bertz CT molecular complexity index is 1410. The number of methoxy groups -OCH3 is 1. The van der Waals surface area contributed by atoms with Crippen molar-refractivity contribution in [2.24, 2.45) is 0 Å². The predicted molar refractivity (Wildman–Crippen MR) is 141 cm³/mol. The van der Waals surface area contributed by atoms with Crippen molar-refractivity contribution in [1.29, 1.82) is 0 Å². The first-order valence-corrected chi connectivity index (χ1v) is 13.1. The Morgan fingerprint density at radius 1 is 1.06 bits per heavy atom. The number of fused-ring (bicyclic) bond motifs is 5. The minimum atomic E-state index is -0.290. The molecule has 2 aliphatic rings. The van der Waals surface area contributed by atoms with Crippen molar-refractivity contribution in [1.82, 2.24) is 9.47 Å². The molecule has 7 heteroatoms. The molecule has 2 aromatic carbocycles. The van der Waals surface area contributed by atoms with Gasteiger partial charge >= 0.3 is 6.03 Å². The number of hydrogen-bond acceptors (Lipinski definition) is 3. The third-order valence-electron chi connectivity index (χ3n) is 6.96. The van der Waals surface area contributed by atoms with Gasteiger partial charge in [-0.1, -0.05) is 35.9 Å². The number of rotatable bonds is 3. The maximum absolute atomic E-state index is 14.0. The van der Waals surface area contributed by atoms with E-state index in [9.17, 15) is 4.79 Å². The predicted octanol–water partition coefficient (Wildman–Crippen LogP) is 7.22. The summed E-state index contributed by atoms with van der Waals surface area (Å²) in [5, 5.41) is 4.83. The van der Waals surface area contributed by atoms with Crippen molar-refractivity contribution in [2.75, 3.05) is 12.4 Å². The van der Waals surface area contributed by atoms with Crippen molar-refractivity contribution in [3.63, 3.8) is 0 Å². The highest BCUT2D eigenvalue weighted by Gasteiger charge is 2.36. The van der Waals surface area contributed by atoms with Gasteiger partial charge in [0, 0.05) is 16.6 Å². The number of ether oxygens (including phenoxy) is 1. The standard InChI is InChI=1S/C28H26ClN3O2S/c1-34-19-9-6-8-18(16-19)26-24-13-7-15-31(24)27-21(20-10-2-5-14-25(20)35-27)17-32(26)28(33)30-23-12-4-3-11-22(23)29/h3-4,6-9,11-13,15-16,26H,2,5,10,14,17H2,1H3,(H,30,33)/t26-/m0/s1. The summed E-state index contributed by atoms with van der Waals surface area (Å²) in [6.45, 7) is 0.529. The van der Waals surface area contributed by atoms with Crippen LogP contribution in [0.5, 0.6) is 5.75 Å². The molecule has 1 atom stereocenters. The number of urea groups is 1. The van der Waals surface area contributed by atoms with Crippen LogP contribution in [-0.2, 0) is 19.4 Å². The number of hydrogen-bond donors (Lipinski definition) is 1. The van der Waals surface area contributed by atoms with Crippen molar-refractivity contribution in [3.8, 4) is 10.8 Å². The van der Waals surface area contributed by atoms with Gasteiger partial charge in [-0.25, -0.2) is 4.79 Å². The lowest BCUT2D eigenvalue weighted by atomic mass is 9.95. The average Bonchev–Trinajstić information content (AvgIpc) is 3.47. The van der Waals surface area contributed by atoms with Crippen molar-refractivity contribution in [2.45, 2.75) is 38.3 Å². The van der Waals surface area contributed by atoms with E-state index in [1.807, 2.05) is 52.6 Å². The molecule has 6 rings (SSSR count). The Hall–Kier alpha value is -3.22. The second kappa shape index (κ2) is 9.10. The van der Waals surface area contributed by atoms with Gasteiger partial charge in [-0.3, -0.25) is 0 Å². The molecule has 1 aliphatic heterocycles. The zero-order valence-electron chi connectivity index (χ0n) is 19.5. The third-order valence-corrected chi connectivity index (χ3v) is 8.63. The van der Waals surface area contributed by atoms with E-state index < -0.39 is 0 Å². The fourth-order valence-electron chi connectivity index (χ4n) is 5.30. The summed E-state index contributed by atoms with van der Waals surface area (Å²) >= 11 is 8.28. The highest BCUT2D eigenvalue weighted by atomic mass is 35.5. The summed E-state index contributed by atoms with van der Waals surface area (Å²) in [5.41, 5.74) is 5.36. The number of para-hydroxylation sites is 1. The first kappa shape index (κ1) is 22.3. The molecular weight excluding hydrogens is 478 g/mol. The number of carbonyl (C=O) groups is 1. The summed E-state index contributed by atoms with van der Waals surface area (Å²) in [4.78, 5) is 17.4. The normalized spacial score (nSPS) is 16.6. The molecule has 35 heavy (non-hydrogen) atoms. The molecule has 3 heterocycles. The van der Waals surface area contributed by atoms with Crippen LogP contribution in [0.2, 0.25) is 5.02 Å². The van der Waals surface area contributed by atoms with E-state index in [0.717, 1.165) is 29.8 Å². The molecular formula is C28H26ClN3O2S. The Morgan fingerprint density at radius 2 is 1.91 bits per heavy atom. The van der Waals surface area contributed by atoms with Gasteiger partial charge in [0.2, 0.25) is 0 Å². The van der Waals surface area contributed by atoms with Crippen molar-refractivity contribution >= 4 is 34.7 Å². The second-order valence-electron chi connectivity index (χ2n) is 9.01. The molecule has 0 unspecified atom stereocenters. The van der Waals surface area contributed by atoms with E-state index in [1.165, 1.54) is 33.8 Å². The quantitative estimate of drug-likeness (QED) is 0.321. The van der Waals surface area contributed by atoms with Crippen LogP contribution in [0.1, 0.15) is 46.1 Å². The minimum absolute atomic E-state index is 0.178. The van der Waals surface area contributed by atoms with E-state index in [0.29, 0.717) is 17.3 Å². The lowest BCUT2D eigenvalue weighted by molar-refractivity contribution is 0.194. The second-order valence-corrected chi connectivity index (χ2v) is 10.5. The molecule has 2 amide bonds. The Balaban J connectivity index is 1.51. The summed E-state index contributed by atoms with van der Waals surface area (Å²) < 4.78 is 7.82. The number of benzene rings is 2. The lowest BCUT2D eigenvalue weighted by Crippen LogP contribution is -2.38. The van der Waals surface area contributed by atoms with Gasteiger partial charge in [-0.15, -0.1) is 11.3 Å². The highest BCUT2D eigenvalue weighted by molar-refractivity contribution is 7.15. The Kier molecular flexibility index (Phi) is 5.78. The van der Waals surface area contributed by atoms with Gasteiger partial charge < -0.3 is 19.5 Å². The van der Waals surface area contributed by atoms with Gasteiger partial charge in [0.1, 0.15) is 10.8 Å². The number of amides is 2. The first-order chi connectivity index (χ1) is 17.1. The van der Waals surface area contributed by atoms with Gasteiger partial charge in [-0.2, -0.15) is 0 Å². The monoisotopic (exact) mass is 503 g/mol. The fraction of sp³-hybridized carbons (Fsp3) is 0.250. The zero-order valence-corrected chi connectivity index (χ0v) is 21.0.